The van der Waals surface area contributed by atoms with Crippen LogP contribution in [-0.2, 0) is 30.3 Å². The average molecular weight is 601 g/mol. The summed E-state index contributed by atoms with van der Waals surface area (Å²) in [5.74, 6) is -13.4. The van der Waals surface area contributed by atoms with Gasteiger partial charge < -0.3 is 36.6 Å². The van der Waals surface area contributed by atoms with Crippen LogP contribution in [0.2, 0.25) is 0 Å². The van der Waals surface area contributed by atoms with Crippen LogP contribution in [0, 0.1) is 23.7 Å². The Bertz CT molecular complexity index is 1460. The van der Waals surface area contributed by atoms with E-state index in [-0.39, 0.29) is 23.2 Å². The number of benzene rings is 1. The smallest absolute Gasteiger partial charge is 0.409 e. The Morgan fingerprint density at radius 2 is 1.56 bits per heavy atom. The van der Waals surface area contributed by atoms with E-state index in [2.05, 4.69) is 16.0 Å². The van der Waals surface area contributed by atoms with Crippen molar-refractivity contribution in [3.05, 3.63) is 23.3 Å². The van der Waals surface area contributed by atoms with Crippen LogP contribution in [0.3, 0.4) is 0 Å². The number of hydrogen-bond acceptors (Lipinski definition) is 10. The van der Waals surface area contributed by atoms with Crippen LogP contribution in [0.5, 0.6) is 5.75 Å². The number of carbonyl (C=O) groups excluding carboxylic acids is 7. The largest absolute Gasteiger partial charge is 0.505 e. The highest BCUT2D eigenvalue weighted by Crippen LogP contribution is 2.52. The number of anilines is 1. The van der Waals surface area contributed by atoms with Crippen LogP contribution >= 0.6 is 0 Å². The monoisotopic (exact) mass is 600 g/mol. The number of nitrogens with two attached hydrogens (primary N) is 1. The number of fused-ring (bicyclic) bond motifs is 3. The van der Waals surface area contributed by atoms with E-state index in [0.29, 0.717) is 0 Å². The number of ether oxygens (including phenoxy) is 1. The topological polar surface area (TPSA) is 231 Å². The summed E-state index contributed by atoms with van der Waals surface area (Å²) >= 11 is 0. The number of phenolic OH excluding ortho intramolecular Hbond substituents is 1. The van der Waals surface area contributed by atoms with Crippen LogP contribution in [0.15, 0.2) is 12.1 Å². The first-order valence-corrected chi connectivity index (χ1v) is 13.8. The second-order valence-corrected chi connectivity index (χ2v) is 13.4. The van der Waals surface area contributed by atoms with E-state index in [1.807, 2.05) is 0 Å². The first-order valence-electron chi connectivity index (χ1n) is 13.8. The highest BCUT2D eigenvalue weighted by molar-refractivity contribution is 6.32. The quantitative estimate of drug-likeness (QED) is 0.210. The molecule has 2 saturated carbocycles. The van der Waals surface area contributed by atoms with Crippen LogP contribution in [-0.4, -0.2) is 74.2 Å². The van der Waals surface area contributed by atoms with Gasteiger partial charge >= 0.3 is 12.1 Å². The molecule has 2 fully saturated rings. The number of primary amides is 1. The summed E-state index contributed by atoms with van der Waals surface area (Å²) in [6, 6.07) is 2.13. The van der Waals surface area contributed by atoms with Gasteiger partial charge in [-0.3, -0.25) is 24.0 Å². The van der Waals surface area contributed by atoms with Crippen molar-refractivity contribution in [1.82, 2.24) is 10.6 Å². The van der Waals surface area contributed by atoms with Gasteiger partial charge in [-0.1, -0.05) is 6.07 Å². The molecule has 0 saturated heterocycles. The Kier molecular flexibility index (Phi) is 7.67. The van der Waals surface area contributed by atoms with Gasteiger partial charge in [0.15, 0.2) is 23.3 Å². The number of amides is 4. The van der Waals surface area contributed by atoms with Crippen molar-refractivity contribution in [2.24, 2.45) is 29.4 Å². The normalized spacial score (nSPS) is 28.7. The van der Waals surface area contributed by atoms with E-state index in [1.54, 1.807) is 41.5 Å². The highest BCUT2D eigenvalue weighted by Gasteiger charge is 2.72. The Labute approximate surface area is 247 Å². The van der Waals surface area contributed by atoms with E-state index in [9.17, 15) is 43.8 Å². The summed E-state index contributed by atoms with van der Waals surface area (Å²) in [6.07, 6.45) is -3.79. The maximum atomic E-state index is 14.3. The van der Waals surface area contributed by atoms with Gasteiger partial charge in [0.25, 0.3) is 0 Å². The minimum atomic E-state index is -2.89. The number of nitrogens with one attached hydrogen (secondary N) is 3. The number of aromatic hydroxyl groups is 1. The number of aliphatic hydroxyl groups excluding tert-OH is 1. The van der Waals surface area contributed by atoms with Crippen molar-refractivity contribution in [3.63, 3.8) is 0 Å². The SMILES string of the molecule is CC(C)(C)NC(=O)Nc1ccc2c(c1O)C(=O)C1C(=O)[C@]3(OC(=O)NC(C)(C)C)C(=O)C(C(N)=O)C(=O)C[C@@H]3[C@@H](O)[C@@H]1C2. The van der Waals surface area contributed by atoms with Crippen LogP contribution in [0.4, 0.5) is 15.3 Å². The molecule has 1 aromatic carbocycles. The maximum absolute atomic E-state index is 14.3. The maximum Gasteiger partial charge on any atom is 0.409 e. The van der Waals surface area contributed by atoms with E-state index in [0.717, 1.165) is 0 Å². The lowest BCUT2D eigenvalue weighted by molar-refractivity contribution is -0.188. The van der Waals surface area contributed by atoms with Crippen molar-refractivity contribution in [3.8, 4) is 5.75 Å². The first-order chi connectivity index (χ1) is 19.7. The van der Waals surface area contributed by atoms with Gasteiger partial charge in [-0.25, -0.2) is 9.59 Å². The van der Waals surface area contributed by atoms with E-state index in [4.69, 9.17) is 10.5 Å². The van der Waals surface area contributed by atoms with Crippen molar-refractivity contribution in [2.75, 3.05) is 5.32 Å². The van der Waals surface area contributed by atoms with Crippen molar-refractivity contribution >= 4 is 46.9 Å². The molecule has 3 aliphatic carbocycles. The molecule has 232 valence electrons. The minimum Gasteiger partial charge on any atom is -0.505 e. The van der Waals surface area contributed by atoms with Crippen LogP contribution < -0.4 is 21.7 Å². The number of carbonyl (C=O) groups is 7. The number of alkyl carbamates (subject to hydrolysis) is 1. The molecule has 1 aromatic rings. The molecule has 0 radical (unpaired) electrons. The molecule has 0 heterocycles. The van der Waals surface area contributed by atoms with Gasteiger partial charge in [0, 0.05) is 29.3 Å². The third-order valence-corrected chi connectivity index (χ3v) is 7.82. The Balaban J connectivity index is 1.82. The highest BCUT2D eigenvalue weighted by atomic mass is 16.6. The third kappa shape index (κ3) is 5.46. The Morgan fingerprint density at radius 1 is 0.953 bits per heavy atom. The molecule has 0 spiro atoms. The van der Waals surface area contributed by atoms with Gasteiger partial charge in [0.05, 0.1) is 23.3 Å². The molecule has 3 aliphatic rings. The van der Waals surface area contributed by atoms with E-state index < -0.39 is 99.8 Å². The van der Waals surface area contributed by atoms with E-state index >= 15 is 0 Å². The summed E-state index contributed by atoms with van der Waals surface area (Å²) < 4.78 is 5.47. The summed E-state index contributed by atoms with van der Waals surface area (Å²) in [7, 11) is 0. The van der Waals surface area contributed by atoms with E-state index in [1.165, 1.54) is 12.1 Å². The van der Waals surface area contributed by atoms with Crippen molar-refractivity contribution < 1.29 is 48.5 Å². The van der Waals surface area contributed by atoms with Gasteiger partial charge in [0.1, 0.15) is 5.75 Å². The van der Waals surface area contributed by atoms with Crippen molar-refractivity contribution in [2.45, 2.75) is 77.2 Å². The van der Waals surface area contributed by atoms with Gasteiger partial charge in [-0.05, 0) is 59.6 Å². The predicted octanol–water partition coefficient (Wildman–Crippen LogP) is 0.750. The van der Waals surface area contributed by atoms with Gasteiger partial charge in [-0.2, -0.15) is 0 Å². The molecule has 4 rings (SSSR count). The molecule has 0 aliphatic heterocycles. The molecule has 14 heteroatoms. The number of ketones is 4. The molecule has 0 bridgehead atoms. The van der Waals surface area contributed by atoms with Crippen molar-refractivity contribution in [1.29, 1.82) is 0 Å². The Hall–Kier alpha value is -4.33. The molecule has 14 nitrogen and oxygen atoms in total. The molecular formula is C29H36N4O10. The number of phenols is 1. The van der Waals surface area contributed by atoms with Gasteiger partial charge in [-0.15, -0.1) is 0 Å². The summed E-state index contributed by atoms with van der Waals surface area (Å²) in [4.78, 5) is 92.5. The zero-order valence-electron chi connectivity index (χ0n) is 24.7. The fraction of sp³-hybridized carbons (Fsp3) is 0.552. The van der Waals surface area contributed by atoms with Gasteiger partial charge in [0.2, 0.25) is 17.3 Å². The lowest BCUT2D eigenvalue weighted by Gasteiger charge is -2.52. The molecule has 4 amide bonds. The number of urea groups is 1. The number of hydrogen-bond donors (Lipinski definition) is 6. The van der Waals surface area contributed by atoms with Crippen LogP contribution in [0.1, 0.15) is 63.9 Å². The number of rotatable bonds is 3. The average Bonchev–Trinajstić information content (AvgIpc) is 2.83. The Morgan fingerprint density at radius 3 is 2.12 bits per heavy atom. The summed E-state index contributed by atoms with van der Waals surface area (Å²) in [5, 5.41) is 30.1. The molecular weight excluding hydrogens is 564 g/mol. The van der Waals surface area contributed by atoms with Crippen LogP contribution in [0.25, 0.3) is 0 Å². The fourth-order valence-corrected chi connectivity index (χ4v) is 6.18. The molecule has 7 N–H and O–H groups in total. The molecule has 6 atom stereocenters. The third-order valence-electron chi connectivity index (χ3n) is 7.82. The summed E-state index contributed by atoms with van der Waals surface area (Å²) in [5.41, 5.74) is 0.685. The fourth-order valence-electron chi connectivity index (χ4n) is 6.18. The second kappa shape index (κ2) is 10.4. The lowest BCUT2D eigenvalue weighted by atomic mass is 9.52. The molecule has 2 unspecified atom stereocenters. The zero-order chi connectivity index (χ0) is 32.4. The molecule has 43 heavy (non-hydrogen) atoms. The first kappa shape index (κ1) is 31.6. The predicted molar refractivity (Wildman–Crippen MR) is 149 cm³/mol. The zero-order valence-corrected chi connectivity index (χ0v) is 24.7. The number of Topliss-reactive ketones (excluding diaryl/α,β-unsaturated/α-hetero) is 4. The number of aliphatic hydroxyl groups is 1. The molecule has 0 aromatic heterocycles. The standard InChI is InChI=1S/C29H36N4O10/c1-27(2,3)32-25(41)31-14-8-7-11-9-12-17(21(37)16(11)20(14)36)22(38)29(43-26(42)33-28(4,5)6)13(19(12)35)10-15(34)18(23(29)39)24(30)40/h7-8,12-13,17-19,35-36H,9-10H2,1-6H3,(H2,30,40)(H,33,42)(H2,31,32,41)/t12-,13-,17?,18?,19+,29+/m1/s1. The minimum absolute atomic E-state index is 0.136. The summed E-state index contributed by atoms with van der Waals surface area (Å²) in [6.45, 7) is 9.98. The lowest BCUT2D eigenvalue weighted by Crippen LogP contribution is -2.74. The second-order valence-electron chi connectivity index (χ2n) is 13.4.